The minimum Gasteiger partial charge on any atom is -0.481 e. The number of aryl methyl sites for hydroxylation is 1. The highest BCUT2D eigenvalue weighted by Gasteiger charge is 2.41. The van der Waals surface area contributed by atoms with E-state index in [1.54, 1.807) is 18.7 Å². The molecular formula is C14H19NO3. The van der Waals surface area contributed by atoms with Crippen molar-refractivity contribution in [2.24, 2.45) is 0 Å². The Bertz CT molecular complexity index is 431. The predicted octanol–water partition coefficient (Wildman–Crippen LogP) is 1.36. The molecule has 1 unspecified atom stereocenters. The second-order valence-electron chi connectivity index (χ2n) is 5.26. The number of β-amino-alcohol motifs (C(OH)–C–C–N with tert-alkyl or cyclic N) is 1. The zero-order valence-corrected chi connectivity index (χ0v) is 11.0. The van der Waals surface area contributed by atoms with Gasteiger partial charge < -0.3 is 14.7 Å². The fraction of sp³-hybridized carbons (Fsp3) is 0.500. The van der Waals surface area contributed by atoms with E-state index in [0.717, 1.165) is 5.56 Å². The van der Waals surface area contributed by atoms with E-state index in [0.29, 0.717) is 18.8 Å². The number of rotatable bonds is 3. The summed E-state index contributed by atoms with van der Waals surface area (Å²) in [5.74, 6) is 0.607. The van der Waals surface area contributed by atoms with Gasteiger partial charge in [0.2, 0.25) is 0 Å². The van der Waals surface area contributed by atoms with Crippen molar-refractivity contribution in [1.82, 2.24) is 4.90 Å². The molecule has 0 radical (unpaired) electrons. The van der Waals surface area contributed by atoms with Crippen molar-refractivity contribution in [1.29, 1.82) is 0 Å². The number of carbonyl (C=O) groups is 1. The molecule has 4 nitrogen and oxygen atoms in total. The highest BCUT2D eigenvalue weighted by Crippen LogP contribution is 2.22. The Hall–Kier alpha value is -1.55. The lowest BCUT2D eigenvalue weighted by Gasteiger charge is -2.44. The van der Waals surface area contributed by atoms with Crippen LogP contribution in [0.15, 0.2) is 24.3 Å². The second kappa shape index (κ2) is 4.61. The van der Waals surface area contributed by atoms with Gasteiger partial charge in [-0.05, 0) is 32.9 Å². The van der Waals surface area contributed by atoms with Gasteiger partial charge in [-0.3, -0.25) is 4.79 Å². The second-order valence-corrected chi connectivity index (χ2v) is 5.26. The normalized spacial score (nSPS) is 19.0. The Morgan fingerprint density at radius 2 is 1.94 bits per heavy atom. The standard InChI is InChI=1S/C14H19NO3/c1-10-4-6-12(7-5-10)18-11(2)13(16)15-8-14(3,17)9-15/h4-7,11,17H,8-9H2,1-3H3. The molecule has 1 saturated heterocycles. The van der Waals surface area contributed by atoms with Crippen molar-refractivity contribution in [3.05, 3.63) is 29.8 Å². The number of benzene rings is 1. The number of carbonyl (C=O) groups excluding carboxylic acids is 1. The van der Waals surface area contributed by atoms with Gasteiger partial charge in [-0.2, -0.15) is 0 Å². The fourth-order valence-corrected chi connectivity index (χ4v) is 2.06. The molecule has 4 heteroatoms. The average Bonchev–Trinajstić information content (AvgIpc) is 2.28. The Balaban J connectivity index is 1.90. The van der Waals surface area contributed by atoms with Gasteiger partial charge in [0, 0.05) is 0 Å². The lowest BCUT2D eigenvalue weighted by atomic mass is 9.96. The van der Waals surface area contributed by atoms with Gasteiger partial charge in [0.25, 0.3) is 5.91 Å². The highest BCUT2D eigenvalue weighted by atomic mass is 16.5. The van der Waals surface area contributed by atoms with Crippen molar-refractivity contribution < 1.29 is 14.6 Å². The first-order valence-electron chi connectivity index (χ1n) is 6.12. The van der Waals surface area contributed by atoms with E-state index in [1.807, 2.05) is 31.2 Å². The maximum Gasteiger partial charge on any atom is 0.263 e. The van der Waals surface area contributed by atoms with Crippen molar-refractivity contribution in [2.75, 3.05) is 13.1 Å². The molecule has 1 amide bonds. The van der Waals surface area contributed by atoms with Crippen LogP contribution in [0.4, 0.5) is 0 Å². The Labute approximate surface area is 107 Å². The van der Waals surface area contributed by atoms with Crippen LogP contribution in [0.1, 0.15) is 19.4 Å². The molecule has 0 aliphatic carbocycles. The minimum absolute atomic E-state index is 0.0814. The zero-order valence-electron chi connectivity index (χ0n) is 11.0. The number of hydrogen-bond donors (Lipinski definition) is 1. The molecule has 1 aliphatic rings. The van der Waals surface area contributed by atoms with E-state index in [2.05, 4.69) is 0 Å². The number of amides is 1. The van der Waals surface area contributed by atoms with Crippen LogP contribution in [-0.2, 0) is 4.79 Å². The summed E-state index contributed by atoms with van der Waals surface area (Å²) < 4.78 is 5.58. The summed E-state index contributed by atoms with van der Waals surface area (Å²) in [7, 11) is 0. The summed E-state index contributed by atoms with van der Waals surface area (Å²) in [6.07, 6.45) is -0.524. The summed E-state index contributed by atoms with van der Waals surface area (Å²) in [4.78, 5) is 13.6. The first kappa shape index (κ1) is 12.9. The Morgan fingerprint density at radius 3 is 2.44 bits per heavy atom. The molecule has 1 aromatic carbocycles. The van der Waals surface area contributed by atoms with Crippen LogP contribution in [-0.4, -0.2) is 40.7 Å². The van der Waals surface area contributed by atoms with Crippen molar-refractivity contribution in [3.63, 3.8) is 0 Å². The van der Waals surface area contributed by atoms with Gasteiger partial charge >= 0.3 is 0 Å². The summed E-state index contributed by atoms with van der Waals surface area (Å²) in [5.41, 5.74) is 0.416. The SMILES string of the molecule is Cc1ccc(OC(C)C(=O)N2CC(C)(O)C2)cc1. The molecule has 1 aromatic rings. The van der Waals surface area contributed by atoms with E-state index in [-0.39, 0.29) is 5.91 Å². The minimum atomic E-state index is -0.737. The van der Waals surface area contributed by atoms with Gasteiger partial charge in [0.1, 0.15) is 5.75 Å². The molecule has 1 N–H and O–H groups in total. The van der Waals surface area contributed by atoms with Crippen LogP contribution in [0, 0.1) is 6.92 Å². The lowest BCUT2D eigenvalue weighted by molar-refractivity contribution is -0.158. The van der Waals surface area contributed by atoms with Gasteiger partial charge in [0.15, 0.2) is 6.10 Å². The van der Waals surface area contributed by atoms with Crippen molar-refractivity contribution >= 4 is 5.91 Å². The molecule has 0 spiro atoms. The molecule has 1 fully saturated rings. The quantitative estimate of drug-likeness (QED) is 0.880. The van der Waals surface area contributed by atoms with E-state index >= 15 is 0 Å². The number of aliphatic hydroxyl groups is 1. The molecule has 1 aliphatic heterocycles. The van der Waals surface area contributed by atoms with Crippen molar-refractivity contribution in [2.45, 2.75) is 32.5 Å². The molecule has 18 heavy (non-hydrogen) atoms. The fourth-order valence-electron chi connectivity index (χ4n) is 2.06. The molecule has 1 atom stereocenters. The van der Waals surface area contributed by atoms with E-state index < -0.39 is 11.7 Å². The van der Waals surface area contributed by atoms with Gasteiger partial charge in [-0.15, -0.1) is 0 Å². The Morgan fingerprint density at radius 1 is 1.39 bits per heavy atom. The maximum atomic E-state index is 12.0. The van der Waals surface area contributed by atoms with E-state index in [4.69, 9.17) is 4.74 Å². The van der Waals surface area contributed by atoms with E-state index in [9.17, 15) is 9.90 Å². The third-order valence-electron chi connectivity index (χ3n) is 3.06. The third-order valence-corrected chi connectivity index (χ3v) is 3.06. The van der Waals surface area contributed by atoms with Gasteiger partial charge in [-0.1, -0.05) is 17.7 Å². The number of nitrogens with zero attached hydrogens (tertiary/aromatic N) is 1. The summed E-state index contributed by atoms with van der Waals surface area (Å²) in [6, 6.07) is 7.60. The lowest BCUT2D eigenvalue weighted by Crippen LogP contribution is -2.63. The van der Waals surface area contributed by atoms with E-state index in [1.165, 1.54) is 0 Å². The van der Waals surface area contributed by atoms with Crippen LogP contribution in [0.5, 0.6) is 5.75 Å². The number of likely N-dealkylation sites (tertiary alicyclic amines) is 1. The van der Waals surface area contributed by atoms with Gasteiger partial charge in [0.05, 0.1) is 18.7 Å². The molecule has 98 valence electrons. The number of ether oxygens (including phenoxy) is 1. The molecule has 0 bridgehead atoms. The van der Waals surface area contributed by atoms with Crippen LogP contribution in [0.25, 0.3) is 0 Å². The van der Waals surface area contributed by atoms with Crippen LogP contribution in [0.2, 0.25) is 0 Å². The predicted molar refractivity (Wildman–Crippen MR) is 68.5 cm³/mol. The summed E-state index contributed by atoms with van der Waals surface area (Å²) >= 11 is 0. The van der Waals surface area contributed by atoms with Crippen LogP contribution in [0.3, 0.4) is 0 Å². The first-order valence-corrected chi connectivity index (χ1v) is 6.12. The molecule has 0 aromatic heterocycles. The monoisotopic (exact) mass is 249 g/mol. The van der Waals surface area contributed by atoms with Crippen molar-refractivity contribution in [3.8, 4) is 5.75 Å². The first-order chi connectivity index (χ1) is 8.37. The smallest absolute Gasteiger partial charge is 0.263 e. The average molecular weight is 249 g/mol. The highest BCUT2D eigenvalue weighted by molar-refractivity contribution is 5.82. The molecule has 0 saturated carbocycles. The molecular weight excluding hydrogens is 230 g/mol. The summed E-state index contributed by atoms with van der Waals surface area (Å²) in [6.45, 7) is 6.22. The zero-order chi connectivity index (χ0) is 13.3. The summed E-state index contributed by atoms with van der Waals surface area (Å²) in [5, 5.41) is 9.60. The molecule has 1 heterocycles. The number of hydrogen-bond acceptors (Lipinski definition) is 3. The Kier molecular flexibility index (Phi) is 3.30. The largest absolute Gasteiger partial charge is 0.481 e. The third kappa shape index (κ3) is 2.82. The molecule has 2 rings (SSSR count). The van der Waals surface area contributed by atoms with Gasteiger partial charge in [-0.25, -0.2) is 0 Å². The topological polar surface area (TPSA) is 49.8 Å². The maximum absolute atomic E-state index is 12.0. The van der Waals surface area contributed by atoms with Crippen LogP contribution < -0.4 is 4.74 Å². The van der Waals surface area contributed by atoms with Crippen LogP contribution >= 0.6 is 0 Å².